The number of pyridine rings is 1. The van der Waals surface area contributed by atoms with Gasteiger partial charge in [-0.25, -0.2) is 9.37 Å². The predicted octanol–water partition coefficient (Wildman–Crippen LogP) is 3.35. The third-order valence-corrected chi connectivity index (χ3v) is 5.11. The SMILES string of the molecule is Fc1ccccc1Cc1nnc(NC2CCN(c3ccccn3)C2)s1. The molecule has 3 aromatic rings. The molecule has 5 nitrogen and oxygen atoms in total. The van der Waals surface area contributed by atoms with Gasteiger partial charge in [0.05, 0.1) is 0 Å². The van der Waals surface area contributed by atoms with Crippen molar-refractivity contribution in [3.05, 3.63) is 65.0 Å². The molecule has 1 N–H and O–H groups in total. The molecule has 0 saturated carbocycles. The normalized spacial score (nSPS) is 17.0. The average molecular weight is 355 g/mol. The molecule has 0 radical (unpaired) electrons. The number of hydrogen-bond donors (Lipinski definition) is 1. The number of hydrogen-bond acceptors (Lipinski definition) is 6. The van der Waals surface area contributed by atoms with Crippen LogP contribution in [0.4, 0.5) is 15.3 Å². The van der Waals surface area contributed by atoms with Crippen LogP contribution in [0, 0.1) is 5.82 Å². The smallest absolute Gasteiger partial charge is 0.205 e. The standard InChI is InChI=1S/C18H18FN5S/c19-15-6-2-1-5-13(15)11-17-22-23-18(25-17)21-14-8-10-24(12-14)16-7-3-4-9-20-16/h1-7,9,14H,8,10-12H2,(H,21,23). The van der Waals surface area contributed by atoms with Gasteiger partial charge in [-0.05, 0) is 30.2 Å². The Morgan fingerprint density at radius 3 is 2.88 bits per heavy atom. The Kier molecular flexibility index (Phi) is 4.56. The summed E-state index contributed by atoms with van der Waals surface area (Å²) in [4.78, 5) is 6.66. The van der Waals surface area contributed by atoms with E-state index in [0.717, 1.165) is 35.5 Å². The van der Waals surface area contributed by atoms with E-state index in [1.54, 1.807) is 12.1 Å². The Labute approximate surface area is 149 Å². The lowest BCUT2D eigenvalue weighted by atomic mass is 10.1. The van der Waals surface area contributed by atoms with E-state index in [4.69, 9.17) is 0 Å². The van der Waals surface area contributed by atoms with Gasteiger partial charge in [0.1, 0.15) is 16.6 Å². The quantitative estimate of drug-likeness (QED) is 0.761. The largest absolute Gasteiger partial charge is 0.355 e. The molecule has 3 heterocycles. The van der Waals surface area contributed by atoms with Crippen LogP contribution in [-0.2, 0) is 6.42 Å². The van der Waals surface area contributed by atoms with Crippen molar-refractivity contribution in [2.24, 2.45) is 0 Å². The van der Waals surface area contributed by atoms with Gasteiger partial charge < -0.3 is 10.2 Å². The summed E-state index contributed by atoms with van der Waals surface area (Å²) in [6, 6.07) is 13.1. The van der Waals surface area contributed by atoms with Crippen LogP contribution in [0.3, 0.4) is 0 Å². The van der Waals surface area contributed by atoms with Crippen LogP contribution in [0.2, 0.25) is 0 Å². The summed E-state index contributed by atoms with van der Waals surface area (Å²) < 4.78 is 13.7. The first-order valence-corrected chi connectivity index (χ1v) is 9.08. The number of benzene rings is 1. The van der Waals surface area contributed by atoms with Crippen molar-refractivity contribution in [3.8, 4) is 0 Å². The maximum Gasteiger partial charge on any atom is 0.205 e. The Bertz CT molecular complexity index is 838. The fraction of sp³-hybridized carbons (Fsp3) is 0.278. The zero-order chi connectivity index (χ0) is 17.1. The molecule has 0 spiro atoms. The van der Waals surface area contributed by atoms with Gasteiger partial charge in [0, 0.05) is 31.7 Å². The minimum atomic E-state index is -0.200. The van der Waals surface area contributed by atoms with Crippen LogP contribution in [0.5, 0.6) is 0 Å². The van der Waals surface area contributed by atoms with Crippen molar-refractivity contribution >= 4 is 22.3 Å². The van der Waals surface area contributed by atoms with Crippen molar-refractivity contribution in [2.45, 2.75) is 18.9 Å². The van der Waals surface area contributed by atoms with Gasteiger partial charge in [0.2, 0.25) is 5.13 Å². The second-order valence-corrected chi connectivity index (χ2v) is 7.10. The average Bonchev–Trinajstić information content (AvgIpc) is 3.28. The second-order valence-electron chi connectivity index (χ2n) is 6.03. The number of halogens is 1. The summed E-state index contributed by atoms with van der Waals surface area (Å²) in [7, 11) is 0. The molecule has 2 aromatic heterocycles. The monoisotopic (exact) mass is 355 g/mol. The first-order chi connectivity index (χ1) is 12.3. The lowest BCUT2D eigenvalue weighted by Crippen LogP contribution is -2.26. The van der Waals surface area contributed by atoms with E-state index < -0.39 is 0 Å². The molecule has 1 aromatic carbocycles. The van der Waals surface area contributed by atoms with Crippen LogP contribution in [0.25, 0.3) is 0 Å². The molecule has 1 saturated heterocycles. The maximum atomic E-state index is 13.7. The molecule has 25 heavy (non-hydrogen) atoms. The third kappa shape index (κ3) is 3.76. The molecule has 1 atom stereocenters. The topological polar surface area (TPSA) is 53.9 Å². The van der Waals surface area contributed by atoms with Crippen molar-refractivity contribution < 1.29 is 4.39 Å². The summed E-state index contributed by atoms with van der Waals surface area (Å²) in [5.41, 5.74) is 0.646. The first-order valence-electron chi connectivity index (χ1n) is 8.26. The van der Waals surface area contributed by atoms with Gasteiger partial charge in [-0.1, -0.05) is 35.6 Å². The predicted molar refractivity (Wildman–Crippen MR) is 97.6 cm³/mol. The number of nitrogens with one attached hydrogen (secondary N) is 1. The van der Waals surface area contributed by atoms with E-state index >= 15 is 0 Å². The highest BCUT2D eigenvalue weighted by molar-refractivity contribution is 7.15. The zero-order valence-electron chi connectivity index (χ0n) is 13.6. The minimum Gasteiger partial charge on any atom is -0.355 e. The van der Waals surface area contributed by atoms with E-state index in [9.17, 15) is 4.39 Å². The summed E-state index contributed by atoms with van der Waals surface area (Å²) in [5, 5.41) is 13.4. The van der Waals surface area contributed by atoms with Crippen molar-refractivity contribution in [3.63, 3.8) is 0 Å². The molecular weight excluding hydrogens is 337 g/mol. The summed E-state index contributed by atoms with van der Waals surface area (Å²) in [6.07, 6.45) is 3.31. The molecule has 128 valence electrons. The molecule has 0 bridgehead atoms. The number of anilines is 2. The maximum absolute atomic E-state index is 13.7. The molecular formula is C18H18FN5S. The van der Waals surface area contributed by atoms with Crippen molar-refractivity contribution in [2.75, 3.05) is 23.3 Å². The van der Waals surface area contributed by atoms with Gasteiger partial charge in [0.25, 0.3) is 0 Å². The highest BCUT2D eigenvalue weighted by Crippen LogP contribution is 2.24. The number of rotatable bonds is 5. The fourth-order valence-electron chi connectivity index (χ4n) is 2.99. The van der Waals surface area contributed by atoms with E-state index in [2.05, 4.69) is 25.4 Å². The van der Waals surface area contributed by atoms with Crippen LogP contribution >= 0.6 is 11.3 Å². The zero-order valence-corrected chi connectivity index (χ0v) is 14.4. The van der Waals surface area contributed by atoms with Gasteiger partial charge in [0.15, 0.2) is 0 Å². The minimum absolute atomic E-state index is 0.200. The van der Waals surface area contributed by atoms with E-state index in [1.807, 2.05) is 30.5 Å². The van der Waals surface area contributed by atoms with Crippen LogP contribution in [0.1, 0.15) is 17.0 Å². The number of aromatic nitrogens is 3. The highest BCUT2D eigenvalue weighted by Gasteiger charge is 2.24. The third-order valence-electron chi connectivity index (χ3n) is 4.26. The lowest BCUT2D eigenvalue weighted by Gasteiger charge is -2.17. The Morgan fingerprint density at radius 1 is 1.16 bits per heavy atom. The highest BCUT2D eigenvalue weighted by atomic mass is 32.1. The summed E-state index contributed by atoms with van der Waals surface area (Å²) >= 11 is 1.49. The van der Waals surface area contributed by atoms with Gasteiger partial charge >= 0.3 is 0 Å². The van der Waals surface area contributed by atoms with Crippen LogP contribution < -0.4 is 10.2 Å². The van der Waals surface area contributed by atoms with Crippen molar-refractivity contribution in [1.29, 1.82) is 0 Å². The molecule has 1 unspecified atom stereocenters. The van der Waals surface area contributed by atoms with Crippen molar-refractivity contribution in [1.82, 2.24) is 15.2 Å². The van der Waals surface area contributed by atoms with Gasteiger partial charge in [-0.15, -0.1) is 10.2 Å². The second kappa shape index (κ2) is 7.14. The molecule has 1 aliphatic rings. The van der Waals surface area contributed by atoms with E-state index in [-0.39, 0.29) is 5.82 Å². The fourth-order valence-corrected chi connectivity index (χ4v) is 3.83. The van der Waals surface area contributed by atoms with Gasteiger partial charge in [-0.2, -0.15) is 0 Å². The molecule has 1 aliphatic heterocycles. The molecule has 4 rings (SSSR count). The van der Waals surface area contributed by atoms with Crippen LogP contribution in [-0.4, -0.2) is 34.3 Å². The first kappa shape index (κ1) is 16.0. The summed E-state index contributed by atoms with van der Waals surface area (Å²) in [5.74, 6) is 0.804. The molecule has 0 aliphatic carbocycles. The lowest BCUT2D eigenvalue weighted by molar-refractivity contribution is 0.613. The molecule has 7 heteroatoms. The Hall–Kier alpha value is -2.54. The molecule has 0 amide bonds. The number of nitrogens with zero attached hydrogens (tertiary/aromatic N) is 4. The Morgan fingerprint density at radius 2 is 2.04 bits per heavy atom. The Balaban J connectivity index is 1.36. The molecule has 1 fully saturated rings. The van der Waals surface area contributed by atoms with E-state index in [0.29, 0.717) is 18.0 Å². The van der Waals surface area contributed by atoms with E-state index in [1.165, 1.54) is 17.4 Å². The summed E-state index contributed by atoms with van der Waals surface area (Å²) in [6.45, 7) is 1.86. The van der Waals surface area contributed by atoms with Gasteiger partial charge in [-0.3, -0.25) is 0 Å². The van der Waals surface area contributed by atoms with Crippen LogP contribution in [0.15, 0.2) is 48.7 Å².